The predicted octanol–water partition coefficient (Wildman–Crippen LogP) is 2.20. The third-order valence-electron chi connectivity index (χ3n) is 3.01. The van der Waals surface area contributed by atoms with Crippen molar-refractivity contribution < 1.29 is 9.72 Å². The number of nitrogens with one attached hydrogen (secondary N) is 1. The van der Waals surface area contributed by atoms with Gasteiger partial charge in [0.15, 0.2) is 0 Å². The van der Waals surface area contributed by atoms with E-state index in [-0.39, 0.29) is 17.2 Å². The van der Waals surface area contributed by atoms with E-state index >= 15 is 0 Å². The Morgan fingerprint density at radius 1 is 1.40 bits per heavy atom. The molecular formula is C13H14N4O3. The summed E-state index contributed by atoms with van der Waals surface area (Å²) in [5, 5.41) is 17.7. The molecule has 0 bridgehead atoms. The number of rotatable bonds is 3. The molecule has 1 aromatic heterocycles. The lowest BCUT2D eigenvalue weighted by Gasteiger charge is -2.06. The summed E-state index contributed by atoms with van der Waals surface area (Å²) in [6.45, 7) is 3.33. The van der Waals surface area contributed by atoms with Crippen LogP contribution < -0.4 is 5.32 Å². The van der Waals surface area contributed by atoms with Gasteiger partial charge in [-0.15, -0.1) is 0 Å². The van der Waals surface area contributed by atoms with E-state index in [1.807, 2.05) is 0 Å². The number of hydrogen-bond donors (Lipinski definition) is 1. The van der Waals surface area contributed by atoms with Gasteiger partial charge in [0.1, 0.15) is 0 Å². The molecule has 0 aliphatic heterocycles. The zero-order valence-electron chi connectivity index (χ0n) is 11.4. The van der Waals surface area contributed by atoms with Crippen LogP contribution in [0, 0.1) is 24.0 Å². The Labute approximate surface area is 115 Å². The van der Waals surface area contributed by atoms with Crippen LogP contribution in [-0.2, 0) is 7.05 Å². The van der Waals surface area contributed by atoms with E-state index in [9.17, 15) is 14.9 Å². The highest BCUT2D eigenvalue weighted by atomic mass is 16.6. The Hall–Kier alpha value is -2.70. The molecule has 0 atom stereocenters. The molecule has 0 spiro atoms. The molecule has 0 aliphatic rings. The normalized spacial score (nSPS) is 10.3. The van der Waals surface area contributed by atoms with Crippen molar-refractivity contribution in [1.82, 2.24) is 9.78 Å². The highest BCUT2D eigenvalue weighted by Crippen LogP contribution is 2.22. The zero-order chi connectivity index (χ0) is 14.9. The molecule has 0 fully saturated rings. The van der Waals surface area contributed by atoms with Gasteiger partial charge in [0.05, 0.1) is 16.3 Å². The Bertz CT molecular complexity index is 691. The smallest absolute Gasteiger partial charge is 0.273 e. The monoisotopic (exact) mass is 274 g/mol. The predicted molar refractivity (Wildman–Crippen MR) is 73.7 cm³/mol. The number of anilines is 1. The lowest BCUT2D eigenvalue weighted by Crippen LogP contribution is -2.14. The number of aromatic nitrogens is 2. The first-order chi connectivity index (χ1) is 9.40. The van der Waals surface area contributed by atoms with Crippen LogP contribution in [0.5, 0.6) is 0 Å². The second-order valence-electron chi connectivity index (χ2n) is 4.46. The van der Waals surface area contributed by atoms with Crippen molar-refractivity contribution in [3.8, 4) is 0 Å². The summed E-state index contributed by atoms with van der Waals surface area (Å²) >= 11 is 0. The molecule has 2 rings (SSSR count). The number of carbonyl (C=O) groups excluding carboxylic acids is 1. The van der Waals surface area contributed by atoms with Crippen molar-refractivity contribution in [3.05, 3.63) is 51.3 Å². The van der Waals surface area contributed by atoms with Crippen molar-refractivity contribution in [1.29, 1.82) is 0 Å². The van der Waals surface area contributed by atoms with Crippen molar-refractivity contribution in [2.45, 2.75) is 13.8 Å². The Morgan fingerprint density at radius 2 is 2.10 bits per heavy atom. The average Bonchev–Trinajstić information content (AvgIpc) is 2.67. The highest BCUT2D eigenvalue weighted by Gasteiger charge is 2.18. The van der Waals surface area contributed by atoms with Gasteiger partial charge in [-0.25, -0.2) is 0 Å². The molecule has 0 radical (unpaired) electrons. The summed E-state index contributed by atoms with van der Waals surface area (Å²) in [7, 11) is 1.75. The average molecular weight is 274 g/mol. The minimum absolute atomic E-state index is 0.0689. The quantitative estimate of drug-likeness (QED) is 0.686. The van der Waals surface area contributed by atoms with Crippen LogP contribution in [0.15, 0.2) is 24.4 Å². The van der Waals surface area contributed by atoms with E-state index in [0.717, 1.165) is 0 Å². The van der Waals surface area contributed by atoms with Crippen molar-refractivity contribution >= 4 is 17.3 Å². The zero-order valence-corrected chi connectivity index (χ0v) is 11.4. The fourth-order valence-corrected chi connectivity index (χ4v) is 1.98. The first-order valence-electron chi connectivity index (χ1n) is 5.95. The fourth-order valence-electron chi connectivity index (χ4n) is 1.98. The van der Waals surface area contributed by atoms with Crippen LogP contribution in [0.25, 0.3) is 0 Å². The Balaban J connectivity index is 2.32. The van der Waals surface area contributed by atoms with Crippen LogP contribution in [0.1, 0.15) is 21.6 Å². The molecule has 0 saturated heterocycles. The van der Waals surface area contributed by atoms with Crippen molar-refractivity contribution in [3.63, 3.8) is 0 Å². The van der Waals surface area contributed by atoms with Gasteiger partial charge in [-0.05, 0) is 19.9 Å². The number of amides is 1. The van der Waals surface area contributed by atoms with E-state index in [0.29, 0.717) is 16.9 Å². The first kappa shape index (κ1) is 13.7. The molecule has 1 amide bonds. The van der Waals surface area contributed by atoms with E-state index in [1.54, 1.807) is 37.8 Å². The summed E-state index contributed by atoms with van der Waals surface area (Å²) in [6, 6.07) is 4.43. The van der Waals surface area contributed by atoms with Crippen molar-refractivity contribution in [2.75, 3.05) is 5.32 Å². The molecule has 0 aliphatic carbocycles. The van der Waals surface area contributed by atoms with E-state index in [1.165, 1.54) is 12.1 Å². The van der Waals surface area contributed by atoms with Gasteiger partial charge in [0, 0.05) is 30.4 Å². The van der Waals surface area contributed by atoms with E-state index in [2.05, 4.69) is 10.4 Å². The number of benzene rings is 1. The highest BCUT2D eigenvalue weighted by molar-refractivity contribution is 6.06. The lowest BCUT2D eigenvalue weighted by atomic mass is 10.1. The molecule has 1 aromatic carbocycles. The molecule has 104 valence electrons. The third-order valence-corrected chi connectivity index (χ3v) is 3.01. The SMILES string of the molecule is Cc1nn(C)cc1NC(=O)c1cccc([N+](=O)[O-])c1C. The maximum Gasteiger partial charge on any atom is 0.273 e. The first-order valence-corrected chi connectivity index (χ1v) is 5.95. The molecule has 2 aromatic rings. The summed E-state index contributed by atoms with van der Waals surface area (Å²) in [5.74, 6) is -0.387. The van der Waals surface area contributed by atoms with Crippen LogP contribution >= 0.6 is 0 Å². The van der Waals surface area contributed by atoms with E-state index < -0.39 is 4.92 Å². The molecule has 7 nitrogen and oxygen atoms in total. The van der Waals surface area contributed by atoms with E-state index in [4.69, 9.17) is 0 Å². The van der Waals surface area contributed by atoms with Gasteiger partial charge in [0.2, 0.25) is 0 Å². The summed E-state index contributed by atoms with van der Waals surface area (Å²) in [6.07, 6.45) is 1.68. The van der Waals surface area contributed by atoms with Gasteiger partial charge < -0.3 is 5.32 Å². The number of nitrogens with zero attached hydrogens (tertiary/aromatic N) is 3. The number of nitro groups is 1. The van der Waals surface area contributed by atoms with Gasteiger partial charge >= 0.3 is 0 Å². The maximum absolute atomic E-state index is 12.2. The number of carbonyl (C=O) groups is 1. The number of aryl methyl sites for hydroxylation is 2. The third kappa shape index (κ3) is 2.51. The Morgan fingerprint density at radius 3 is 2.65 bits per heavy atom. The fraction of sp³-hybridized carbons (Fsp3) is 0.231. The molecule has 0 saturated carbocycles. The molecule has 0 unspecified atom stereocenters. The van der Waals surface area contributed by atoms with Crippen LogP contribution in [0.2, 0.25) is 0 Å². The Kier molecular flexibility index (Phi) is 3.51. The topological polar surface area (TPSA) is 90.1 Å². The second kappa shape index (κ2) is 5.12. The molecule has 20 heavy (non-hydrogen) atoms. The summed E-state index contributed by atoms with van der Waals surface area (Å²) < 4.78 is 1.59. The molecule has 7 heteroatoms. The van der Waals surface area contributed by atoms with Gasteiger partial charge in [0.25, 0.3) is 11.6 Å². The summed E-state index contributed by atoms with van der Waals surface area (Å²) in [4.78, 5) is 22.6. The molecular weight excluding hydrogens is 260 g/mol. The lowest BCUT2D eigenvalue weighted by molar-refractivity contribution is -0.385. The minimum Gasteiger partial charge on any atom is -0.319 e. The van der Waals surface area contributed by atoms with Gasteiger partial charge in [-0.2, -0.15) is 5.10 Å². The van der Waals surface area contributed by atoms with Crippen LogP contribution in [0.4, 0.5) is 11.4 Å². The number of hydrogen-bond acceptors (Lipinski definition) is 4. The standard InChI is InChI=1S/C13H14N4O3/c1-8-10(5-4-6-12(8)17(19)20)13(18)14-11-7-16(3)15-9(11)2/h4-7H,1-3H3,(H,14,18). The van der Waals surface area contributed by atoms with Crippen LogP contribution in [-0.4, -0.2) is 20.6 Å². The van der Waals surface area contributed by atoms with Gasteiger partial charge in [-0.3, -0.25) is 19.6 Å². The van der Waals surface area contributed by atoms with Gasteiger partial charge in [-0.1, -0.05) is 6.07 Å². The number of nitro benzene ring substituents is 1. The molecule has 1 heterocycles. The van der Waals surface area contributed by atoms with Crippen LogP contribution in [0.3, 0.4) is 0 Å². The maximum atomic E-state index is 12.2. The second-order valence-corrected chi connectivity index (χ2v) is 4.46. The largest absolute Gasteiger partial charge is 0.319 e. The molecule has 1 N–H and O–H groups in total. The summed E-state index contributed by atoms with van der Waals surface area (Å²) in [5.41, 5.74) is 1.83. The minimum atomic E-state index is -0.499. The van der Waals surface area contributed by atoms with Crippen molar-refractivity contribution in [2.24, 2.45) is 7.05 Å².